The molecule has 2 aromatic rings. The summed E-state index contributed by atoms with van der Waals surface area (Å²) >= 11 is 0. The second kappa shape index (κ2) is 6.78. The van der Waals surface area contributed by atoms with Crippen molar-refractivity contribution in [2.75, 3.05) is 13.7 Å². The molecule has 0 aliphatic carbocycles. The van der Waals surface area contributed by atoms with Crippen LogP contribution in [0.2, 0.25) is 0 Å². The van der Waals surface area contributed by atoms with Crippen molar-refractivity contribution < 1.29 is 22.0 Å². The van der Waals surface area contributed by atoms with E-state index in [4.69, 9.17) is 4.74 Å². The molecule has 0 amide bonds. The summed E-state index contributed by atoms with van der Waals surface area (Å²) in [4.78, 5) is 1.42. The van der Waals surface area contributed by atoms with E-state index in [1.807, 2.05) is 0 Å². The summed E-state index contributed by atoms with van der Waals surface area (Å²) in [5.41, 5.74) is 4.07. The van der Waals surface area contributed by atoms with Gasteiger partial charge in [-0.2, -0.15) is 0 Å². The van der Waals surface area contributed by atoms with Crippen LogP contribution in [0.15, 0.2) is 48.5 Å². The summed E-state index contributed by atoms with van der Waals surface area (Å²) in [6.45, 7) is 1.87. The summed E-state index contributed by atoms with van der Waals surface area (Å²) in [6.07, 6.45) is 2.27. The standard InChI is InChI=1S/C17H19NO.ClH/c1-18(13-14-6-3-2-4-7-14)16-9-10-17-15(12-16)8-5-11-19-17;/h2-4,6-7,9-10,12H,5,8,11,13H2,1H3;1H. The monoisotopic (exact) mass is 289 g/mol. The van der Waals surface area contributed by atoms with E-state index in [0.29, 0.717) is 0 Å². The number of quaternary nitrogens is 1. The smallest absolute Gasteiger partial charge is 0.131 e. The number of ether oxygens (including phenoxy) is 1. The lowest BCUT2D eigenvalue weighted by Crippen LogP contribution is -3.02. The minimum Gasteiger partial charge on any atom is -1.00 e. The molecule has 1 aliphatic heterocycles. The summed E-state index contributed by atoms with van der Waals surface area (Å²) < 4.78 is 5.67. The Morgan fingerprint density at radius 3 is 2.70 bits per heavy atom. The van der Waals surface area contributed by atoms with Crippen LogP contribution in [0.3, 0.4) is 0 Å². The van der Waals surface area contributed by atoms with Gasteiger partial charge in [0, 0.05) is 23.3 Å². The lowest BCUT2D eigenvalue weighted by atomic mass is 10.1. The number of hydrogen-bond acceptors (Lipinski definition) is 1. The molecule has 3 rings (SSSR count). The van der Waals surface area contributed by atoms with Crippen LogP contribution in [0.5, 0.6) is 5.75 Å². The Bertz CT molecular complexity index is 556. The lowest BCUT2D eigenvalue weighted by Gasteiger charge is -2.20. The third-order valence-corrected chi connectivity index (χ3v) is 3.71. The van der Waals surface area contributed by atoms with Gasteiger partial charge in [-0.1, -0.05) is 30.3 Å². The van der Waals surface area contributed by atoms with E-state index in [0.717, 1.165) is 31.7 Å². The van der Waals surface area contributed by atoms with Crippen LogP contribution < -0.4 is 22.0 Å². The zero-order chi connectivity index (χ0) is 13.1. The third kappa shape index (κ3) is 3.33. The van der Waals surface area contributed by atoms with Crippen molar-refractivity contribution in [3.63, 3.8) is 0 Å². The fourth-order valence-corrected chi connectivity index (χ4v) is 2.63. The van der Waals surface area contributed by atoms with E-state index < -0.39 is 0 Å². The van der Waals surface area contributed by atoms with E-state index in [2.05, 4.69) is 55.6 Å². The van der Waals surface area contributed by atoms with Gasteiger partial charge in [0.15, 0.2) is 0 Å². The van der Waals surface area contributed by atoms with Crippen LogP contribution in [0.25, 0.3) is 0 Å². The minimum absolute atomic E-state index is 0. The minimum atomic E-state index is 0. The Kier molecular flexibility index (Phi) is 5.05. The molecule has 1 atom stereocenters. The van der Waals surface area contributed by atoms with Gasteiger partial charge in [-0.3, -0.25) is 0 Å². The number of nitrogens with one attached hydrogen (secondary N) is 1. The van der Waals surface area contributed by atoms with Gasteiger partial charge in [-0.25, -0.2) is 0 Å². The highest BCUT2D eigenvalue weighted by Crippen LogP contribution is 2.26. The summed E-state index contributed by atoms with van der Waals surface area (Å²) in [5, 5.41) is 0. The Morgan fingerprint density at radius 1 is 1.10 bits per heavy atom. The van der Waals surface area contributed by atoms with E-state index in [1.54, 1.807) is 0 Å². The van der Waals surface area contributed by atoms with Crippen LogP contribution in [-0.4, -0.2) is 13.7 Å². The maximum atomic E-state index is 5.67. The van der Waals surface area contributed by atoms with Gasteiger partial charge in [-0.15, -0.1) is 0 Å². The lowest BCUT2D eigenvalue weighted by molar-refractivity contribution is -0.825. The van der Waals surface area contributed by atoms with Gasteiger partial charge in [0.1, 0.15) is 18.0 Å². The highest BCUT2D eigenvalue weighted by atomic mass is 35.5. The van der Waals surface area contributed by atoms with Crippen molar-refractivity contribution >= 4 is 5.69 Å². The third-order valence-electron chi connectivity index (χ3n) is 3.71. The molecule has 0 spiro atoms. The number of hydrogen-bond donors (Lipinski definition) is 1. The number of fused-ring (bicyclic) bond motifs is 1. The molecule has 2 aromatic carbocycles. The Morgan fingerprint density at radius 2 is 1.90 bits per heavy atom. The van der Waals surface area contributed by atoms with E-state index in [-0.39, 0.29) is 12.4 Å². The molecule has 0 bridgehead atoms. The van der Waals surface area contributed by atoms with Gasteiger partial charge in [0.2, 0.25) is 0 Å². The molecule has 1 unspecified atom stereocenters. The average Bonchev–Trinajstić information content (AvgIpc) is 2.48. The van der Waals surface area contributed by atoms with Crippen LogP contribution in [0.1, 0.15) is 17.5 Å². The quantitative estimate of drug-likeness (QED) is 0.794. The average molecular weight is 290 g/mol. The highest BCUT2D eigenvalue weighted by molar-refractivity contribution is 5.44. The highest BCUT2D eigenvalue weighted by Gasteiger charge is 2.14. The maximum Gasteiger partial charge on any atom is 0.131 e. The molecule has 3 heteroatoms. The van der Waals surface area contributed by atoms with Gasteiger partial charge in [0.05, 0.1) is 13.7 Å². The molecule has 1 heterocycles. The molecular formula is C17H20ClNO. The van der Waals surface area contributed by atoms with Crippen molar-refractivity contribution in [3.05, 3.63) is 59.7 Å². The zero-order valence-corrected chi connectivity index (χ0v) is 12.5. The number of benzene rings is 2. The Labute approximate surface area is 126 Å². The molecule has 106 valence electrons. The normalized spacial score (nSPS) is 14.7. The van der Waals surface area contributed by atoms with Gasteiger partial charge in [0.25, 0.3) is 0 Å². The first-order valence-corrected chi connectivity index (χ1v) is 6.95. The second-order valence-electron chi connectivity index (χ2n) is 5.22. The molecule has 0 fully saturated rings. The molecule has 1 N–H and O–H groups in total. The molecule has 20 heavy (non-hydrogen) atoms. The van der Waals surface area contributed by atoms with E-state index >= 15 is 0 Å². The number of rotatable bonds is 3. The van der Waals surface area contributed by atoms with Crippen LogP contribution in [0, 0.1) is 0 Å². The SMILES string of the molecule is C[NH+](Cc1ccccc1)c1ccc2c(c1)CCCO2.[Cl-]. The van der Waals surface area contributed by atoms with Crippen molar-refractivity contribution in [1.29, 1.82) is 0 Å². The first kappa shape index (κ1) is 14.9. The van der Waals surface area contributed by atoms with E-state index in [1.165, 1.54) is 21.7 Å². The predicted octanol–water partition coefficient (Wildman–Crippen LogP) is -0.638. The van der Waals surface area contributed by atoms with Crippen LogP contribution >= 0.6 is 0 Å². The fourth-order valence-electron chi connectivity index (χ4n) is 2.63. The van der Waals surface area contributed by atoms with Crippen molar-refractivity contribution in [2.24, 2.45) is 0 Å². The molecule has 1 aliphatic rings. The predicted molar refractivity (Wildman–Crippen MR) is 77.0 cm³/mol. The van der Waals surface area contributed by atoms with Crippen molar-refractivity contribution in [2.45, 2.75) is 19.4 Å². The zero-order valence-electron chi connectivity index (χ0n) is 11.7. The molecular weight excluding hydrogens is 270 g/mol. The summed E-state index contributed by atoms with van der Waals surface area (Å²) in [7, 11) is 2.22. The Balaban J connectivity index is 0.00000147. The van der Waals surface area contributed by atoms with Gasteiger partial charge in [-0.05, 0) is 18.9 Å². The molecule has 0 saturated carbocycles. The number of halogens is 1. The fraction of sp³-hybridized carbons (Fsp3) is 0.294. The molecule has 0 saturated heterocycles. The largest absolute Gasteiger partial charge is 1.00 e. The van der Waals surface area contributed by atoms with Crippen molar-refractivity contribution in [3.8, 4) is 5.75 Å². The van der Waals surface area contributed by atoms with Crippen LogP contribution in [-0.2, 0) is 13.0 Å². The first-order valence-electron chi connectivity index (χ1n) is 6.95. The van der Waals surface area contributed by atoms with Crippen LogP contribution in [0.4, 0.5) is 5.69 Å². The van der Waals surface area contributed by atoms with E-state index in [9.17, 15) is 0 Å². The second-order valence-corrected chi connectivity index (χ2v) is 5.22. The molecule has 0 radical (unpaired) electrons. The van der Waals surface area contributed by atoms with Crippen molar-refractivity contribution in [1.82, 2.24) is 0 Å². The Hall–Kier alpha value is -1.51. The molecule has 0 aromatic heterocycles. The van der Waals surface area contributed by atoms with Gasteiger partial charge >= 0.3 is 0 Å². The summed E-state index contributed by atoms with van der Waals surface area (Å²) in [5.74, 6) is 1.07. The maximum absolute atomic E-state index is 5.67. The number of aryl methyl sites for hydroxylation is 1. The summed E-state index contributed by atoms with van der Waals surface area (Å²) in [6, 6.07) is 17.2. The molecule has 2 nitrogen and oxygen atoms in total. The van der Waals surface area contributed by atoms with Gasteiger partial charge < -0.3 is 22.0 Å². The topological polar surface area (TPSA) is 13.7 Å². The first-order chi connectivity index (χ1) is 9.33.